The van der Waals surface area contributed by atoms with Crippen LogP contribution >= 0.6 is 22.6 Å². The first kappa shape index (κ1) is 12.7. The zero-order chi connectivity index (χ0) is 9.99. The van der Waals surface area contributed by atoms with E-state index in [-0.39, 0.29) is 0 Å². The quantitative estimate of drug-likeness (QED) is 0.460. The molecule has 0 heterocycles. The predicted molar refractivity (Wildman–Crippen MR) is 58.3 cm³/mol. The third-order valence-corrected chi connectivity index (χ3v) is 2.79. The van der Waals surface area contributed by atoms with E-state index in [2.05, 4.69) is 0 Å². The minimum absolute atomic E-state index is 0.497. The van der Waals surface area contributed by atoms with Gasteiger partial charge in [-0.05, 0) is 27.7 Å². The topological polar surface area (TPSA) is 49.7 Å². The second kappa shape index (κ2) is 4.26. The highest BCUT2D eigenvalue weighted by atomic mass is 127. The van der Waals surface area contributed by atoms with Crippen molar-refractivity contribution < 1.29 is 14.8 Å². The Morgan fingerprint density at radius 3 is 2.00 bits per heavy atom. The van der Waals surface area contributed by atoms with Gasteiger partial charge in [-0.25, -0.2) is 0 Å². The van der Waals surface area contributed by atoms with Crippen LogP contribution in [0.25, 0.3) is 0 Å². The smallest absolute Gasteiger partial charge is 0.426 e. The molecule has 0 aromatic carbocycles. The zero-order valence-corrected chi connectivity index (χ0v) is 10.1. The van der Waals surface area contributed by atoms with Crippen molar-refractivity contribution in [3.05, 3.63) is 0 Å². The normalized spacial score (nSPS) is 13.2. The van der Waals surface area contributed by atoms with E-state index < -0.39 is 18.3 Å². The van der Waals surface area contributed by atoms with Gasteiger partial charge in [0.15, 0.2) is 0 Å². The number of halogens is 1. The molecule has 0 amide bonds. The van der Waals surface area contributed by atoms with Gasteiger partial charge in [-0.1, -0.05) is 22.6 Å². The molecule has 3 nitrogen and oxygen atoms in total. The molecule has 5 heteroatoms. The fraction of sp³-hybridized carbons (Fsp3) is 1.00. The predicted octanol–water partition coefficient (Wildman–Crippen LogP) is 1.01. The van der Waals surface area contributed by atoms with Crippen LogP contribution in [0.2, 0.25) is 0 Å². The number of alkyl halides is 1. The molecule has 0 saturated heterocycles. The Balaban J connectivity index is 4.22. The molecule has 0 aromatic heterocycles. The molecule has 0 unspecified atom stereocenters. The Bertz CT molecular complexity index is 144. The molecule has 0 aliphatic carbocycles. The molecule has 0 bridgehead atoms. The van der Waals surface area contributed by atoms with E-state index >= 15 is 0 Å². The number of rotatable bonds is 4. The lowest BCUT2D eigenvalue weighted by atomic mass is 9.85. The van der Waals surface area contributed by atoms with Crippen molar-refractivity contribution in [2.24, 2.45) is 0 Å². The second-order valence-electron chi connectivity index (χ2n) is 3.80. The lowest BCUT2D eigenvalue weighted by Gasteiger charge is -2.38. The van der Waals surface area contributed by atoms with Gasteiger partial charge in [0.25, 0.3) is 0 Å². The first-order chi connectivity index (χ1) is 5.20. The zero-order valence-electron chi connectivity index (χ0n) is 7.97. The maximum atomic E-state index is 9.65. The van der Waals surface area contributed by atoms with Gasteiger partial charge in [0.2, 0.25) is 0 Å². The van der Waals surface area contributed by atoms with Crippen LogP contribution in [0.3, 0.4) is 0 Å². The molecule has 0 aromatic rings. The van der Waals surface area contributed by atoms with Crippen LogP contribution in [0, 0.1) is 0 Å². The highest BCUT2D eigenvalue weighted by Crippen LogP contribution is 2.25. The van der Waals surface area contributed by atoms with Crippen molar-refractivity contribution in [2.45, 2.75) is 38.9 Å². The van der Waals surface area contributed by atoms with Crippen molar-refractivity contribution in [3.8, 4) is 0 Å². The minimum Gasteiger partial charge on any atom is -0.426 e. The molecule has 0 spiro atoms. The van der Waals surface area contributed by atoms with E-state index in [1.807, 2.05) is 22.6 Å². The highest BCUT2D eigenvalue weighted by Gasteiger charge is 2.38. The molecular formula is C7H16BIO3. The average molecular weight is 286 g/mol. The first-order valence-electron chi connectivity index (χ1n) is 3.85. The van der Waals surface area contributed by atoms with Crippen molar-refractivity contribution in [1.82, 2.24) is 0 Å². The van der Waals surface area contributed by atoms with E-state index in [0.29, 0.717) is 4.33 Å². The molecular weight excluding hydrogens is 270 g/mol. The van der Waals surface area contributed by atoms with Crippen LogP contribution in [-0.4, -0.2) is 32.8 Å². The minimum atomic E-state index is -0.959. The van der Waals surface area contributed by atoms with Crippen molar-refractivity contribution in [2.75, 3.05) is 4.33 Å². The lowest BCUT2D eigenvalue weighted by molar-refractivity contribution is -0.0992. The van der Waals surface area contributed by atoms with Crippen LogP contribution in [0.15, 0.2) is 0 Å². The summed E-state index contributed by atoms with van der Waals surface area (Å²) in [5.41, 5.74) is -1.70. The van der Waals surface area contributed by atoms with Gasteiger partial charge in [-0.3, -0.25) is 0 Å². The summed E-state index contributed by atoms with van der Waals surface area (Å²) in [5.74, 6) is 0. The largest absolute Gasteiger partial charge is 0.464 e. The Morgan fingerprint density at radius 1 is 1.33 bits per heavy atom. The number of aliphatic hydroxyl groups is 1. The van der Waals surface area contributed by atoms with Gasteiger partial charge in [0.05, 0.1) is 11.2 Å². The summed E-state index contributed by atoms with van der Waals surface area (Å²) in [7, 11) is -0.813. The molecule has 0 aliphatic heterocycles. The summed E-state index contributed by atoms with van der Waals surface area (Å²) in [6.07, 6.45) is 0. The van der Waals surface area contributed by atoms with Gasteiger partial charge in [-0.2, -0.15) is 0 Å². The summed E-state index contributed by atoms with van der Waals surface area (Å²) >= 11 is 2.03. The maximum Gasteiger partial charge on any atom is 0.464 e. The van der Waals surface area contributed by atoms with Crippen molar-refractivity contribution in [3.63, 3.8) is 0 Å². The van der Waals surface area contributed by atoms with Gasteiger partial charge in [-0.15, -0.1) is 0 Å². The first-order valence-corrected chi connectivity index (χ1v) is 5.37. The Morgan fingerprint density at radius 2 is 1.75 bits per heavy atom. The fourth-order valence-corrected chi connectivity index (χ4v) is 0.696. The molecule has 0 saturated carbocycles. The summed E-state index contributed by atoms with van der Waals surface area (Å²) in [4.78, 5) is 0. The molecule has 0 atom stereocenters. The molecule has 0 radical (unpaired) electrons. The maximum absolute atomic E-state index is 9.65. The molecule has 0 rings (SSSR count). The second-order valence-corrected chi connectivity index (χ2v) is 4.68. The van der Waals surface area contributed by atoms with E-state index in [9.17, 15) is 10.1 Å². The standard InChI is InChI=1S/C7H16BIO3/c1-6(2,10)7(3,4)12-8(11)5-9/h10-11H,5H2,1-4H3. The van der Waals surface area contributed by atoms with E-state index in [4.69, 9.17) is 4.65 Å². The van der Waals surface area contributed by atoms with Gasteiger partial charge in [0.1, 0.15) is 0 Å². The summed E-state index contributed by atoms with van der Waals surface area (Å²) in [6, 6.07) is 0. The molecule has 12 heavy (non-hydrogen) atoms. The van der Waals surface area contributed by atoms with Crippen LogP contribution < -0.4 is 0 Å². The van der Waals surface area contributed by atoms with Gasteiger partial charge < -0.3 is 14.8 Å². The Labute approximate surface area is 87.8 Å². The molecule has 0 fully saturated rings. The fourth-order valence-electron chi connectivity index (χ4n) is 0.516. The summed E-state index contributed by atoms with van der Waals surface area (Å²) in [6.45, 7) is 6.82. The van der Waals surface area contributed by atoms with Crippen LogP contribution in [-0.2, 0) is 4.65 Å². The highest BCUT2D eigenvalue weighted by molar-refractivity contribution is 14.1. The van der Waals surface area contributed by atoms with Crippen molar-refractivity contribution >= 4 is 29.7 Å². The van der Waals surface area contributed by atoms with Crippen LogP contribution in [0.1, 0.15) is 27.7 Å². The summed E-state index contributed by atoms with van der Waals surface area (Å²) in [5, 5.41) is 18.9. The molecule has 72 valence electrons. The van der Waals surface area contributed by atoms with E-state index in [1.54, 1.807) is 27.7 Å². The van der Waals surface area contributed by atoms with E-state index in [1.165, 1.54) is 0 Å². The lowest BCUT2D eigenvalue weighted by Crippen LogP contribution is -2.50. The Kier molecular flexibility index (Phi) is 4.50. The van der Waals surface area contributed by atoms with Crippen LogP contribution in [0.5, 0.6) is 0 Å². The SMILES string of the molecule is CC(C)(O)C(C)(C)OB(O)CI. The molecule has 0 aliphatic rings. The number of hydrogen-bond acceptors (Lipinski definition) is 3. The van der Waals surface area contributed by atoms with Gasteiger partial charge >= 0.3 is 7.12 Å². The van der Waals surface area contributed by atoms with Crippen LogP contribution in [0.4, 0.5) is 0 Å². The Hall–Kier alpha value is 0.675. The summed E-state index contributed by atoms with van der Waals surface area (Å²) < 4.78 is 5.75. The monoisotopic (exact) mass is 286 g/mol. The average Bonchev–Trinajstić information content (AvgIpc) is 1.84. The third kappa shape index (κ3) is 3.59. The third-order valence-electron chi connectivity index (χ3n) is 2.04. The molecule has 2 N–H and O–H groups in total. The van der Waals surface area contributed by atoms with E-state index in [0.717, 1.165) is 0 Å². The van der Waals surface area contributed by atoms with Gasteiger partial charge in [0, 0.05) is 4.33 Å². The number of hydrogen-bond donors (Lipinski definition) is 2. The van der Waals surface area contributed by atoms with Crippen molar-refractivity contribution in [1.29, 1.82) is 0 Å².